The molecule has 1 saturated heterocycles. The van der Waals surface area contributed by atoms with Crippen LogP contribution in [0.15, 0.2) is 0 Å². The molecule has 1 aliphatic heterocycles. The summed E-state index contributed by atoms with van der Waals surface area (Å²) < 4.78 is 21.7. The Morgan fingerprint density at radius 3 is 2.29 bits per heavy atom. The number of nitrogens with zero attached hydrogens (tertiary/aromatic N) is 1. The highest BCUT2D eigenvalue weighted by Crippen LogP contribution is 2.09. The molecule has 0 aromatic carbocycles. The lowest BCUT2D eigenvalue weighted by atomic mass is 10.1. The summed E-state index contributed by atoms with van der Waals surface area (Å²) in [5, 5.41) is 9.21. The molecule has 0 unspecified atom stereocenters. The van der Waals surface area contributed by atoms with Gasteiger partial charge in [-0.1, -0.05) is 0 Å². The lowest BCUT2D eigenvalue weighted by molar-refractivity contribution is 0.0856. The largest absolute Gasteiger partial charge is 0.393 e. The average Bonchev–Trinajstić information content (AvgIpc) is 2.02. The van der Waals surface area contributed by atoms with Crippen molar-refractivity contribution in [1.82, 2.24) is 4.90 Å². The second-order valence-electron chi connectivity index (χ2n) is 3.70. The van der Waals surface area contributed by atoms with Gasteiger partial charge >= 0.3 is 0 Å². The molecule has 0 aromatic heterocycles. The van der Waals surface area contributed by atoms with Crippen LogP contribution in [0.4, 0.5) is 4.70 Å². The van der Waals surface area contributed by atoms with Crippen molar-refractivity contribution in [3.05, 3.63) is 0 Å². The first-order valence-electron chi connectivity index (χ1n) is 4.55. The normalized spacial score (nSPS) is 20.4. The van der Waals surface area contributed by atoms with Gasteiger partial charge in [-0.2, -0.15) is 0 Å². The molecule has 1 rings (SSSR count). The van der Waals surface area contributed by atoms with E-state index in [9.17, 15) is 13.5 Å². The van der Waals surface area contributed by atoms with E-state index in [0.29, 0.717) is 6.54 Å². The highest BCUT2D eigenvalue weighted by molar-refractivity contribution is 7.90. The molecule has 0 aliphatic carbocycles. The Kier molecular flexibility index (Phi) is 5.54. The van der Waals surface area contributed by atoms with Gasteiger partial charge in [0.2, 0.25) is 0 Å². The molecule has 0 bridgehead atoms. The lowest BCUT2D eigenvalue weighted by Gasteiger charge is -2.28. The molecular formula is C8H18FNO3S. The zero-order valence-corrected chi connectivity index (χ0v) is 9.16. The van der Waals surface area contributed by atoms with Crippen LogP contribution in [0.1, 0.15) is 12.8 Å². The van der Waals surface area contributed by atoms with Crippen molar-refractivity contribution in [2.24, 2.45) is 0 Å². The van der Waals surface area contributed by atoms with Crippen molar-refractivity contribution in [1.29, 1.82) is 0 Å². The molecule has 1 fully saturated rings. The molecule has 1 aliphatic rings. The van der Waals surface area contributed by atoms with E-state index in [0.717, 1.165) is 25.9 Å². The van der Waals surface area contributed by atoms with Crippen LogP contribution in [0, 0.1) is 0 Å². The topological polar surface area (TPSA) is 57.6 Å². The van der Waals surface area contributed by atoms with Crippen LogP contribution in [-0.4, -0.2) is 56.2 Å². The SMILES string of the molecule is CS(=O)(=O)CCN1CCC(O)CC1.F. The number of piperidine rings is 1. The minimum absolute atomic E-state index is 0. The van der Waals surface area contributed by atoms with Gasteiger partial charge in [-0.15, -0.1) is 0 Å². The van der Waals surface area contributed by atoms with E-state index in [-0.39, 0.29) is 16.6 Å². The molecule has 0 saturated carbocycles. The van der Waals surface area contributed by atoms with Crippen LogP contribution in [0.2, 0.25) is 0 Å². The highest BCUT2D eigenvalue weighted by Gasteiger charge is 2.17. The zero-order chi connectivity index (χ0) is 9.90. The van der Waals surface area contributed by atoms with E-state index >= 15 is 0 Å². The summed E-state index contributed by atoms with van der Waals surface area (Å²) in [5.41, 5.74) is 0. The molecule has 1 heterocycles. The van der Waals surface area contributed by atoms with Crippen LogP contribution < -0.4 is 0 Å². The van der Waals surface area contributed by atoms with Crippen LogP contribution in [0.25, 0.3) is 0 Å². The van der Waals surface area contributed by atoms with Gasteiger partial charge in [-0.05, 0) is 12.8 Å². The third-order valence-corrected chi connectivity index (χ3v) is 3.26. The van der Waals surface area contributed by atoms with Gasteiger partial charge in [0.05, 0.1) is 11.9 Å². The second kappa shape index (κ2) is 5.63. The van der Waals surface area contributed by atoms with Crippen LogP contribution in [0.5, 0.6) is 0 Å². The Bertz CT molecular complexity index is 247. The summed E-state index contributed by atoms with van der Waals surface area (Å²) in [7, 11) is -2.84. The average molecular weight is 227 g/mol. The Labute approximate surface area is 84.2 Å². The molecule has 0 atom stereocenters. The maximum absolute atomic E-state index is 10.9. The fourth-order valence-electron chi connectivity index (χ4n) is 1.44. The predicted octanol–water partition coefficient (Wildman–Crippen LogP) is -0.360. The summed E-state index contributed by atoms with van der Waals surface area (Å²) >= 11 is 0. The van der Waals surface area contributed by atoms with Gasteiger partial charge in [-0.25, -0.2) is 8.42 Å². The monoisotopic (exact) mass is 227 g/mol. The fourth-order valence-corrected chi connectivity index (χ4v) is 2.03. The number of hydrogen-bond donors (Lipinski definition) is 1. The van der Waals surface area contributed by atoms with Gasteiger partial charge < -0.3 is 10.0 Å². The molecule has 14 heavy (non-hydrogen) atoms. The smallest absolute Gasteiger partial charge is 0.148 e. The summed E-state index contributed by atoms with van der Waals surface area (Å²) in [6, 6.07) is 0. The lowest BCUT2D eigenvalue weighted by Crippen LogP contribution is -2.38. The number of rotatable bonds is 3. The van der Waals surface area contributed by atoms with Crippen LogP contribution in [0.3, 0.4) is 0 Å². The van der Waals surface area contributed by atoms with E-state index in [1.54, 1.807) is 0 Å². The number of halogens is 1. The third kappa shape index (κ3) is 5.51. The highest BCUT2D eigenvalue weighted by atomic mass is 32.2. The van der Waals surface area contributed by atoms with Crippen molar-refractivity contribution >= 4 is 9.84 Å². The molecule has 1 N–H and O–H groups in total. The Morgan fingerprint density at radius 2 is 1.86 bits per heavy atom. The van der Waals surface area contributed by atoms with E-state index in [1.165, 1.54) is 6.26 Å². The summed E-state index contributed by atoms with van der Waals surface area (Å²) in [6.45, 7) is 2.24. The first kappa shape index (κ1) is 13.8. The first-order chi connectivity index (χ1) is 5.97. The van der Waals surface area contributed by atoms with Crippen molar-refractivity contribution in [2.75, 3.05) is 31.6 Å². The molecule has 6 heteroatoms. The molecule has 0 amide bonds. The van der Waals surface area contributed by atoms with Gasteiger partial charge in [0, 0.05) is 25.9 Å². The van der Waals surface area contributed by atoms with Crippen molar-refractivity contribution in [2.45, 2.75) is 18.9 Å². The summed E-state index contributed by atoms with van der Waals surface area (Å²) in [6.07, 6.45) is 2.61. The third-order valence-electron chi connectivity index (χ3n) is 2.34. The number of sulfone groups is 1. The van der Waals surface area contributed by atoms with E-state index in [1.807, 2.05) is 0 Å². The van der Waals surface area contributed by atoms with E-state index < -0.39 is 9.84 Å². The maximum Gasteiger partial charge on any atom is 0.148 e. The van der Waals surface area contributed by atoms with E-state index in [2.05, 4.69) is 4.90 Å². The van der Waals surface area contributed by atoms with Gasteiger partial charge in [0.1, 0.15) is 9.84 Å². The minimum atomic E-state index is -2.84. The van der Waals surface area contributed by atoms with Crippen molar-refractivity contribution in [3.8, 4) is 0 Å². The van der Waals surface area contributed by atoms with Crippen molar-refractivity contribution in [3.63, 3.8) is 0 Å². The molecule has 0 spiro atoms. The molecule has 86 valence electrons. The van der Waals surface area contributed by atoms with Crippen molar-refractivity contribution < 1.29 is 18.2 Å². The van der Waals surface area contributed by atoms with Crippen LogP contribution in [-0.2, 0) is 9.84 Å². The number of likely N-dealkylation sites (tertiary alicyclic amines) is 1. The number of aliphatic hydroxyl groups excluding tert-OH is 1. The second-order valence-corrected chi connectivity index (χ2v) is 5.96. The Morgan fingerprint density at radius 1 is 1.36 bits per heavy atom. The quantitative estimate of drug-likeness (QED) is 0.715. The van der Waals surface area contributed by atoms with Gasteiger partial charge in [-0.3, -0.25) is 4.70 Å². The first-order valence-corrected chi connectivity index (χ1v) is 6.61. The molecule has 0 aromatic rings. The Hall–Kier alpha value is -0.200. The maximum atomic E-state index is 10.9. The van der Waals surface area contributed by atoms with Gasteiger partial charge in [0.25, 0.3) is 0 Å². The predicted molar refractivity (Wildman–Crippen MR) is 53.9 cm³/mol. The fraction of sp³-hybridized carbons (Fsp3) is 1.00. The van der Waals surface area contributed by atoms with Crippen LogP contribution >= 0.6 is 0 Å². The molecule has 0 radical (unpaired) electrons. The van der Waals surface area contributed by atoms with E-state index in [4.69, 9.17) is 0 Å². The minimum Gasteiger partial charge on any atom is -0.393 e. The summed E-state index contributed by atoms with van der Waals surface area (Å²) in [5.74, 6) is 0.225. The standard InChI is InChI=1S/C8H17NO3S.FH/c1-13(11,12)7-6-9-4-2-8(10)3-5-9;/h8,10H,2-7H2,1H3;1H. The van der Waals surface area contributed by atoms with Gasteiger partial charge in [0.15, 0.2) is 0 Å². The molecule has 4 nitrogen and oxygen atoms in total. The number of aliphatic hydroxyl groups is 1. The Balaban J connectivity index is 0.00000169. The zero-order valence-electron chi connectivity index (χ0n) is 8.35. The molecular weight excluding hydrogens is 209 g/mol. The number of hydrogen-bond acceptors (Lipinski definition) is 4. The summed E-state index contributed by atoms with van der Waals surface area (Å²) in [4.78, 5) is 2.09.